The minimum atomic E-state index is -0.186. The van der Waals surface area contributed by atoms with Gasteiger partial charge in [-0.1, -0.05) is 12.8 Å². The first-order valence-corrected chi connectivity index (χ1v) is 10.1. The van der Waals surface area contributed by atoms with E-state index in [0.717, 1.165) is 62.4 Å². The summed E-state index contributed by atoms with van der Waals surface area (Å²) in [5.74, 6) is -0.119. The zero-order valence-electron chi connectivity index (χ0n) is 15.2. The molecule has 0 aromatic carbocycles. The SMILES string of the molecule is CN(C)c1nc(CNC(=O)[C@H]2CCCC[C@H]2C(=O)N2CCCC2)cs1. The third-order valence-corrected chi connectivity index (χ3v) is 6.26. The van der Waals surface area contributed by atoms with Crippen molar-refractivity contribution >= 4 is 28.3 Å². The fraction of sp³-hybridized carbons (Fsp3) is 0.722. The molecular formula is C18H28N4O2S. The van der Waals surface area contributed by atoms with E-state index in [4.69, 9.17) is 0 Å². The van der Waals surface area contributed by atoms with Crippen molar-refractivity contribution in [3.63, 3.8) is 0 Å². The Balaban J connectivity index is 1.59. The van der Waals surface area contributed by atoms with E-state index in [9.17, 15) is 9.59 Å². The Hall–Kier alpha value is -1.63. The van der Waals surface area contributed by atoms with E-state index in [-0.39, 0.29) is 23.7 Å². The highest BCUT2D eigenvalue weighted by Crippen LogP contribution is 2.32. The van der Waals surface area contributed by atoms with Crippen molar-refractivity contribution in [2.75, 3.05) is 32.1 Å². The number of nitrogens with one attached hydrogen (secondary N) is 1. The van der Waals surface area contributed by atoms with Crippen LogP contribution >= 0.6 is 11.3 Å². The Bertz CT molecular complexity index is 610. The second kappa shape index (κ2) is 8.17. The van der Waals surface area contributed by atoms with Gasteiger partial charge in [0.1, 0.15) is 0 Å². The highest BCUT2D eigenvalue weighted by molar-refractivity contribution is 7.13. The highest BCUT2D eigenvalue weighted by Gasteiger charge is 2.38. The molecule has 2 amide bonds. The molecule has 1 saturated carbocycles. The smallest absolute Gasteiger partial charge is 0.226 e. The van der Waals surface area contributed by atoms with Gasteiger partial charge in [-0.15, -0.1) is 11.3 Å². The van der Waals surface area contributed by atoms with Crippen LogP contribution in [0, 0.1) is 11.8 Å². The first kappa shape index (κ1) is 18.2. The first-order chi connectivity index (χ1) is 12.1. The number of rotatable bonds is 5. The molecule has 0 unspecified atom stereocenters. The Labute approximate surface area is 153 Å². The topological polar surface area (TPSA) is 65.5 Å². The fourth-order valence-electron chi connectivity index (χ4n) is 3.80. The molecule has 2 aliphatic rings. The molecule has 0 radical (unpaired) electrons. The molecule has 2 fully saturated rings. The van der Waals surface area contributed by atoms with Crippen molar-refractivity contribution < 1.29 is 9.59 Å². The second-order valence-corrected chi connectivity index (χ2v) is 8.10. The van der Waals surface area contributed by atoms with Gasteiger partial charge in [-0.2, -0.15) is 0 Å². The molecule has 2 heterocycles. The monoisotopic (exact) mass is 364 g/mol. The summed E-state index contributed by atoms with van der Waals surface area (Å²) in [7, 11) is 3.91. The third kappa shape index (κ3) is 4.32. The van der Waals surface area contributed by atoms with E-state index < -0.39 is 0 Å². The fourth-order valence-corrected chi connectivity index (χ4v) is 4.56. The van der Waals surface area contributed by atoms with Crippen molar-refractivity contribution in [1.82, 2.24) is 15.2 Å². The van der Waals surface area contributed by atoms with Gasteiger partial charge in [-0.25, -0.2) is 4.98 Å². The molecular weight excluding hydrogens is 336 g/mol. The number of hydrogen-bond acceptors (Lipinski definition) is 5. The Morgan fingerprint density at radius 3 is 2.52 bits per heavy atom. The summed E-state index contributed by atoms with van der Waals surface area (Å²) in [5, 5.41) is 5.92. The van der Waals surface area contributed by atoms with Crippen LogP contribution in [0.1, 0.15) is 44.2 Å². The zero-order valence-corrected chi connectivity index (χ0v) is 16.0. The Morgan fingerprint density at radius 1 is 1.20 bits per heavy atom. The standard InChI is InChI=1S/C18H28N4O2S/c1-21(2)18-20-13(12-25-18)11-19-16(23)14-7-3-4-8-15(14)17(24)22-9-5-6-10-22/h12,14-15H,3-11H2,1-2H3,(H,19,23)/t14-,15+/m0/s1. The van der Waals surface area contributed by atoms with E-state index >= 15 is 0 Å². The van der Waals surface area contributed by atoms with E-state index in [2.05, 4.69) is 10.3 Å². The van der Waals surface area contributed by atoms with Crippen molar-refractivity contribution in [2.45, 2.75) is 45.1 Å². The summed E-state index contributed by atoms with van der Waals surface area (Å²) < 4.78 is 0. The molecule has 1 saturated heterocycles. The molecule has 25 heavy (non-hydrogen) atoms. The van der Waals surface area contributed by atoms with E-state index in [0.29, 0.717) is 6.54 Å². The molecule has 138 valence electrons. The van der Waals surface area contributed by atoms with E-state index in [1.807, 2.05) is 29.3 Å². The quantitative estimate of drug-likeness (QED) is 0.870. The number of hydrogen-bond donors (Lipinski definition) is 1. The lowest BCUT2D eigenvalue weighted by Crippen LogP contribution is -2.44. The molecule has 0 spiro atoms. The number of carbonyl (C=O) groups is 2. The second-order valence-electron chi connectivity index (χ2n) is 7.26. The summed E-state index contributed by atoms with van der Waals surface area (Å²) in [6.07, 6.45) is 5.92. The maximum atomic E-state index is 12.8. The van der Waals surface area contributed by atoms with E-state index in [1.165, 1.54) is 0 Å². The van der Waals surface area contributed by atoms with Crippen LogP contribution < -0.4 is 10.2 Å². The van der Waals surface area contributed by atoms with Gasteiger partial charge in [-0.05, 0) is 25.7 Å². The van der Waals surface area contributed by atoms with Crippen LogP contribution in [0.3, 0.4) is 0 Å². The van der Waals surface area contributed by atoms with Crippen LogP contribution in [0.5, 0.6) is 0 Å². The maximum Gasteiger partial charge on any atom is 0.226 e. The molecule has 1 aromatic heterocycles. The number of amides is 2. The average Bonchev–Trinajstić information content (AvgIpc) is 3.30. The first-order valence-electron chi connectivity index (χ1n) is 9.24. The number of nitrogens with zero attached hydrogens (tertiary/aromatic N) is 3. The normalized spacial score (nSPS) is 23.5. The van der Waals surface area contributed by atoms with Crippen molar-refractivity contribution in [2.24, 2.45) is 11.8 Å². The lowest BCUT2D eigenvalue weighted by molar-refractivity contribution is -0.142. The molecule has 0 bridgehead atoms. The maximum absolute atomic E-state index is 12.8. The van der Waals surface area contributed by atoms with Gasteiger partial charge in [0.2, 0.25) is 11.8 Å². The summed E-state index contributed by atoms with van der Waals surface area (Å²) >= 11 is 1.57. The van der Waals surface area contributed by atoms with Gasteiger partial charge in [0.05, 0.1) is 12.2 Å². The molecule has 3 rings (SSSR count). The zero-order chi connectivity index (χ0) is 17.8. The van der Waals surface area contributed by atoms with Gasteiger partial charge in [0.15, 0.2) is 5.13 Å². The lowest BCUT2D eigenvalue weighted by Gasteiger charge is -2.32. The summed E-state index contributed by atoms with van der Waals surface area (Å²) in [4.78, 5) is 33.9. The largest absolute Gasteiger partial charge is 0.354 e. The van der Waals surface area contributed by atoms with Crippen molar-refractivity contribution in [1.29, 1.82) is 0 Å². The molecule has 2 atom stereocenters. The van der Waals surface area contributed by atoms with Gasteiger partial charge in [-0.3, -0.25) is 9.59 Å². The Kier molecular flexibility index (Phi) is 5.93. The van der Waals surface area contributed by atoms with E-state index in [1.54, 1.807) is 11.3 Å². The molecule has 1 aliphatic heterocycles. The van der Waals surface area contributed by atoms with Crippen LogP contribution in [-0.2, 0) is 16.1 Å². The van der Waals surface area contributed by atoms with Crippen LogP contribution in [-0.4, -0.2) is 48.9 Å². The van der Waals surface area contributed by atoms with Crippen LogP contribution in [0.25, 0.3) is 0 Å². The minimum Gasteiger partial charge on any atom is -0.354 e. The molecule has 6 nitrogen and oxygen atoms in total. The number of carbonyl (C=O) groups excluding carboxylic acids is 2. The van der Waals surface area contributed by atoms with Gasteiger partial charge < -0.3 is 15.1 Å². The van der Waals surface area contributed by atoms with Crippen LogP contribution in [0.4, 0.5) is 5.13 Å². The lowest BCUT2D eigenvalue weighted by atomic mass is 9.78. The molecule has 7 heteroatoms. The number of likely N-dealkylation sites (tertiary alicyclic amines) is 1. The van der Waals surface area contributed by atoms with Crippen molar-refractivity contribution in [3.05, 3.63) is 11.1 Å². The number of aromatic nitrogens is 1. The summed E-state index contributed by atoms with van der Waals surface area (Å²) in [6, 6.07) is 0. The third-order valence-electron chi connectivity index (χ3n) is 5.20. The number of thiazole rings is 1. The molecule has 1 aromatic rings. The van der Waals surface area contributed by atoms with Gasteiger partial charge >= 0.3 is 0 Å². The predicted octanol–water partition coefficient (Wildman–Crippen LogP) is 2.25. The molecule has 1 N–H and O–H groups in total. The van der Waals surface area contributed by atoms with Crippen LogP contribution in [0.15, 0.2) is 5.38 Å². The predicted molar refractivity (Wildman–Crippen MR) is 99.5 cm³/mol. The summed E-state index contributed by atoms with van der Waals surface area (Å²) in [5.41, 5.74) is 0.875. The molecule has 1 aliphatic carbocycles. The summed E-state index contributed by atoms with van der Waals surface area (Å²) in [6.45, 7) is 2.15. The van der Waals surface area contributed by atoms with Gasteiger partial charge in [0.25, 0.3) is 0 Å². The van der Waals surface area contributed by atoms with Crippen molar-refractivity contribution in [3.8, 4) is 0 Å². The van der Waals surface area contributed by atoms with Crippen LogP contribution in [0.2, 0.25) is 0 Å². The minimum absolute atomic E-state index is 0.0108. The highest BCUT2D eigenvalue weighted by atomic mass is 32.1. The van der Waals surface area contributed by atoms with Gasteiger partial charge in [0, 0.05) is 44.4 Å². The Morgan fingerprint density at radius 2 is 1.88 bits per heavy atom. The number of anilines is 1. The average molecular weight is 365 g/mol.